The maximum Gasteiger partial charge on any atom is 0.224 e. The molecule has 0 unspecified atom stereocenters. The predicted molar refractivity (Wildman–Crippen MR) is 92.4 cm³/mol. The van der Waals surface area contributed by atoms with E-state index in [-0.39, 0.29) is 5.91 Å². The first-order valence-electron chi connectivity index (χ1n) is 7.67. The van der Waals surface area contributed by atoms with E-state index in [1.165, 1.54) is 0 Å². The zero-order valence-corrected chi connectivity index (χ0v) is 14.1. The van der Waals surface area contributed by atoms with Crippen LogP contribution in [0.15, 0.2) is 36.4 Å². The molecule has 1 amide bonds. The van der Waals surface area contributed by atoms with Gasteiger partial charge in [-0.05, 0) is 42.3 Å². The van der Waals surface area contributed by atoms with Crippen LogP contribution in [-0.2, 0) is 11.2 Å². The second-order valence-corrected chi connectivity index (χ2v) is 5.78. The van der Waals surface area contributed by atoms with E-state index in [2.05, 4.69) is 5.32 Å². The van der Waals surface area contributed by atoms with Gasteiger partial charge in [0.05, 0.1) is 12.1 Å². The number of carbonyl (C=O) groups excluding carboxylic acids is 1. The van der Waals surface area contributed by atoms with Gasteiger partial charge in [-0.15, -0.1) is 0 Å². The Morgan fingerprint density at radius 3 is 2.71 bits per heavy atom. The van der Waals surface area contributed by atoms with Crippen LogP contribution in [-0.4, -0.2) is 26.2 Å². The molecule has 0 radical (unpaired) electrons. The smallest absolute Gasteiger partial charge is 0.224 e. The van der Waals surface area contributed by atoms with Gasteiger partial charge in [-0.1, -0.05) is 17.7 Å². The highest BCUT2D eigenvalue weighted by molar-refractivity contribution is 6.32. The third-order valence-electron chi connectivity index (χ3n) is 3.68. The number of amides is 1. The number of anilines is 1. The Morgan fingerprint density at radius 2 is 1.96 bits per heavy atom. The molecule has 5 nitrogen and oxygen atoms in total. The lowest BCUT2D eigenvalue weighted by Gasteiger charge is -2.18. The van der Waals surface area contributed by atoms with Gasteiger partial charge in [0.15, 0.2) is 11.5 Å². The highest BCUT2D eigenvalue weighted by Crippen LogP contribution is 2.31. The zero-order valence-electron chi connectivity index (χ0n) is 13.3. The van der Waals surface area contributed by atoms with Crippen molar-refractivity contribution in [2.45, 2.75) is 12.8 Å². The minimum atomic E-state index is -0.0777. The third-order valence-corrected chi connectivity index (χ3v) is 3.98. The van der Waals surface area contributed by atoms with Crippen molar-refractivity contribution in [1.82, 2.24) is 0 Å². The van der Waals surface area contributed by atoms with Gasteiger partial charge in [-0.3, -0.25) is 4.79 Å². The molecule has 2 aromatic rings. The lowest BCUT2D eigenvalue weighted by atomic mass is 10.1. The third kappa shape index (κ3) is 3.92. The molecule has 0 atom stereocenters. The number of halogens is 1. The van der Waals surface area contributed by atoms with Crippen LogP contribution in [0.5, 0.6) is 17.2 Å². The normalized spacial score (nSPS) is 12.6. The average molecular weight is 348 g/mol. The summed E-state index contributed by atoms with van der Waals surface area (Å²) in [7, 11) is 1.55. The molecule has 0 aliphatic carbocycles. The maximum absolute atomic E-state index is 12.1. The van der Waals surface area contributed by atoms with E-state index in [0.717, 1.165) is 17.1 Å². The Labute approximate surface area is 145 Å². The lowest BCUT2D eigenvalue weighted by Crippen LogP contribution is -2.15. The second kappa shape index (κ2) is 7.45. The molecule has 0 spiro atoms. The first-order chi connectivity index (χ1) is 11.7. The Hall–Kier alpha value is -2.40. The van der Waals surface area contributed by atoms with E-state index in [9.17, 15) is 4.79 Å². The molecule has 0 saturated heterocycles. The number of nitrogens with one attached hydrogen (secondary N) is 1. The molecule has 2 aromatic carbocycles. The van der Waals surface area contributed by atoms with Crippen molar-refractivity contribution < 1.29 is 19.0 Å². The summed E-state index contributed by atoms with van der Waals surface area (Å²) in [6.45, 7) is 1.12. The van der Waals surface area contributed by atoms with Gasteiger partial charge in [0, 0.05) is 12.1 Å². The van der Waals surface area contributed by atoms with Crippen LogP contribution in [0.25, 0.3) is 0 Å². The summed E-state index contributed by atoms with van der Waals surface area (Å²) in [6, 6.07) is 10.9. The number of fused-ring (bicyclic) bond motifs is 1. The molecule has 3 rings (SSSR count). The Bertz CT molecular complexity index is 748. The Kier molecular flexibility index (Phi) is 5.11. The number of rotatable bonds is 5. The molecule has 6 heteroatoms. The van der Waals surface area contributed by atoms with Crippen molar-refractivity contribution in [3.63, 3.8) is 0 Å². The van der Waals surface area contributed by atoms with Crippen LogP contribution in [0, 0.1) is 0 Å². The van der Waals surface area contributed by atoms with E-state index in [4.69, 9.17) is 25.8 Å². The first kappa shape index (κ1) is 16.5. The van der Waals surface area contributed by atoms with E-state index in [1.807, 2.05) is 18.2 Å². The number of methoxy groups -OCH3 is 1. The van der Waals surface area contributed by atoms with Crippen molar-refractivity contribution in [1.29, 1.82) is 0 Å². The molecule has 1 heterocycles. The summed E-state index contributed by atoms with van der Waals surface area (Å²) in [6.07, 6.45) is 0.982. The van der Waals surface area contributed by atoms with Crippen LogP contribution in [0.4, 0.5) is 5.69 Å². The fourth-order valence-electron chi connectivity index (χ4n) is 2.47. The molecule has 126 valence electrons. The summed E-state index contributed by atoms with van der Waals surface area (Å²) >= 11 is 6.05. The number of hydrogen-bond acceptors (Lipinski definition) is 4. The molecule has 0 fully saturated rings. The number of hydrogen-bond donors (Lipinski definition) is 1. The van der Waals surface area contributed by atoms with Crippen LogP contribution >= 0.6 is 11.6 Å². The fourth-order valence-corrected chi connectivity index (χ4v) is 2.73. The van der Waals surface area contributed by atoms with Crippen LogP contribution < -0.4 is 19.5 Å². The summed E-state index contributed by atoms with van der Waals surface area (Å²) in [5.74, 6) is 1.99. The number of carbonyl (C=O) groups is 1. The number of aryl methyl sites for hydroxylation is 1. The van der Waals surface area contributed by atoms with Crippen LogP contribution in [0.2, 0.25) is 5.02 Å². The summed E-state index contributed by atoms with van der Waals surface area (Å²) < 4.78 is 16.1. The van der Waals surface area contributed by atoms with Crippen molar-refractivity contribution in [2.75, 3.05) is 25.6 Å². The van der Waals surface area contributed by atoms with Gasteiger partial charge >= 0.3 is 0 Å². The number of benzene rings is 2. The monoisotopic (exact) mass is 347 g/mol. The fraction of sp³-hybridized carbons (Fsp3) is 0.278. The highest BCUT2D eigenvalue weighted by atomic mass is 35.5. The number of ether oxygens (including phenoxy) is 3. The lowest BCUT2D eigenvalue weighted by molar-refractivity contribution is -0.116. The molecule has 1 aliphatic rings. The molecular weight excluding hydrogens is 330 g/mol. The average Bonchev–Trinajstić information content (AvgIpc) is 2.60. The zero-order chi connectivity index (χ0) is 16.9. The van der Waals surface area contributed by atoms with Gasteiger partial charge in [0.25, 0.3) is 0 Å². The van der Waals surface area contributed by atoms with Crippen molar-refractivity contribution in [2.24, 2.45) is 0 Å². The van der Waals surface area contributed by atoms with Crippen molar-refractivity contribution >= 4 is 23.2 Å². The minimum absolute atomic E-state index is 0.0777. The molecule has 1 N–H and O–H groups in total. The van der Waals surface area contributed by atoms with E-state index < -0.39 is 0 Å². The minimum Gasteiger partial charge on any atom is -0.495 e. The van der Waals surface area contributed by atoms with Crippen LogP contribution in [0.3, 0.4) is 0 Å². The molecule has 1 aliphatic heterocycles. The molecule has 0 bridgehead atoms. The van der Waals surface area contributed by atoms with E-state index in [1.54, 1.807) is 25.3 Å². The maximum atomic E-state index is 12.1. The van der Waals surface area contributed by atoms with Gasteiger partial charge < -0.3 is 19.5 Å². The molecule has 24 heavy (non-hydrogen) atoms. The molecule has 0 aromatic heterocycles. The van der Waals surface area contributed by atoms with Crippen molar-refractivity contribution in [3.8, 4) is 17.2 Å². The van der Waals surface area contributed by atoms with E-state index in [0.29, 0.717) is 42.5 Å². The quantitative estimate of drug-likeness (QED) is 0.896. The highest BCUT2D eigenvalue weighted by Gasteiger charge is 2.12. The Morgan fingerprint density at radius 1 is 1.17 bits per heavy atom. The predicted octanol–water partition coefficient (Wildman–Crippen LogP) is 3.69. The topological polar surface area (TPSA) is 56.8 Å². The van der Waals surface area contributed by atoms with Crippen molar-refractivity contribution in [3.05, 3.63) is 47.0 Å². The van der Waals surface area contributed by atoms with E-state index >= 15 is 0 Å². The Balaban J connectivity index is 1.56. The largest absolute Gasteiger partial charge is 0.495 e. The van der Waals surface area contributed by atoms with Gasteiger partial charge in [0.2, 0.25) is 5.91 Å². The van der Waals surface area contributed by atoms with Gasteiger partial charge in [0.1, 0.15) is 19.0 Å². The molecular formula is C18H18ClNO4. The summed E-state index contributed by atoms with van der Waals surface area (Å²) in [5, 5.41) is 3.29. The summed E-state index contributed by atoms with van der Waals surface area (Å²) in [5.41, 5.74) is 1.68. The van der Waals surface area contributed by atoms with Gasteiger partial charge in [-0.25, -0.2) is 0 Å². The molecule has 0 saturated carbocycles. The summed E-state index contributed by atoms with van der Waals surface area (Å²) in [4.78, 5) is 12.1. The first-order valence-corrected chi connectivity index (χ1v) is 8.05. The standard InChI is InChI=1S/C18H18ClNO4/c1-22-15-6-4-13(11-14(15)19)20-18(21)7-3-12-2-5-16-17(10-12)24-9-8-23-16/h2,4-6,10-11H,3,7-9H2,1H3,(H,20,21). The van der Waals surface area contributed by atoms with Gasteiger partial charge in [-0.2, -0.15) is 0 Å². The SMILES string of the molecule is COc1ccc(NC(=O)CCc2ccc3c(c2)OCCO3)cc1Cl. The second-order valence-electron chi connectivity index (χ2n) is 5.38. The van der Waals surface area contributed by atoms with Crippen LogP contribution in [0.1, 0.15) is 12.0 Å².